The number of piperidine rings is 1. The zero-order valence-electron chi connectivity index (χ0n) is 12.4. The number of carbonyl (C=O) groups is 1. The largest absolute Gasteiger partial charge is 0.490 e. The predicted octanol–water partition coefficient (Wildman–Crippen LogP) is 3.10. The second-order valence-corrected chi connectivity index (χ2v) is 6.88. The average Bonchev–Trinajstić information content (AvgIpc) is 3.14. The summed E-state index contributed by atoms with van der Waals surface area (Å²) in [7, 11) is 0. The molecule has 3 fully saturated rings. The highest BCUT2D eigenvalue weighted by Gasteiger charge is 2.48. The summed E-state index contributed by atoms with van der Waals surface area (Å²) in [6.45, 7) is 1.73. The molecule has 3 nitrogen and oxygen atoms in total. The van der Waals surface area contributed by atoms with E-state index < -0.39 is 0 Å². The van der Waals surface area contributed by atoms with E-state index in [0.29, 0.717) is 11.8 Å². The molecule has 0 N–H and O–H groups in total. The zero-order valence-corrected chi connectivity index (χ0v) is 12.4. The van der Waals surface area contributed by atoms with Crippen molar-refractivity contribution in [1.29, 1.82) is 0 Å². The lowest BCUT2D eigenvalue weighted by Crippen LogP contribution is -2.44. The van der Waals surface area contributed by atoms with E-state index in [-0.39, 0.29) is 6.10 Å². The number of para-hydroxylation sites is 1. The molecule has 2 aliphatic carbocycles. The molecule has 1 amide bonds. The maximum Gasteiger partial charge on any atom is 0.225 e. The fraction of sp³-hybridized carbons (Fsp3) is 0.611. The number of ether oxygens (including phenoxy) is 1. The number of benzene rings is 1. The molecular weight excluding hydrogens is 262 g/mol. The minimum atomic E-state index is 0.258. The Kier molecular flexibility index (Phi) is 3.36. The van der Waals surface area contributed by atoms with E-state index in [2.05, 4.69) is 4.90 Å². The molecule has 0 spiro atoms. The molecule has 1 aromatic rings. The van der Waals surface area contributed by atoms with Gasteiger partial charge in [-0.05, 0) is 43.2 Å². The van der Waals surface area contributed by atoms with Crippen molar-refractivity contribution in [1.82, 2.24) is 4.90 Å². The van der Waals surface area contributed by atoms with Gasteiger partial charge in [-0.15, -0.1) is 0 Å². The van der Waals surface area contributed by atoms with E-state index in [1.54, 1.807) is 0 Å². The fourth-order valence-corrected chi connectivity index (χ4v) is 4.06. The monoisotopic (exact) mass is 285 g/mol. The van der Waals surface area contributed by atoms with Gasteiger partial charge in [-0.1, -0.05) is 18.2 Å². The Morgan fingerprint density at radius 2 is 1.67 bits per heavy atom. The first-order valence-electron chi connectivity index (χ1n) is 8.30. The molecule has 2 unspecified atom stereocenters. The van der Waals surface area contributed by atoms with Crippen molar-refractivity contribution in [3.63, 3.8) is 0 Å². The van der Waals surface area contributed by atoms with Gasteiger partial charge in [-0.25, -0.2) is 0 Å². The van der Waals surface area contributed by atoms with Crippen LogP contribution >= 0.6 is 0 Å². The van der Waals surface area contributed by atoms with Crippen LogP contribution in [0.5, 0.6) is 5.75 Å². The van der Waals surface area contributed by atoms with Crippen LogP contribution in [0, 0.1) is 17.8 Å². The minimum Gasteiger partial charge on any atom is -0.490 e. The van der Waals surface area contributed by atoms with Crippen LogP contribution in [0.25, 0.3) is 0 Å². The molecule has 112 valence electrons. The third kappa shape index (κ3) is 2.78. The first-order valence-corrected chi connectivity index (χ1v) is 8.30. The maximum atomic E-state index is 12.5. The Labute approximate surface area is 126 Å². The fourth-order valence-electron chi connectivity index (χ4n) is 4.06. The lowest BCUT2D eigenvalue weighted by atomic mass is 9.99. The van der Waals surface area contributed by atoms with Gasteiger partial charge < -0.3 is 9.64 Å². The number of fused-ring (bicyclic) bond motifs is 1. The number of amides is 1. The Bertz CT molecular complexity index is 497. The molecule has 1 saturated heterocycles. The second-order valence-electron chi connectivity index (χ2n) is 6.88. The highest BCUT2D eigenvalue weighted by atomic mass is 16.5. The number of nitrogens with zero attached hydrogens (tertiary/aromatic N) is 1. The highest BCUT2D eigenvalue weighted by molar-refractivity contribution is 5.79. The SMILES string of the molecule is O=C(C1CC2CC2C1)N1CCC(Oc2ccccc2)CC1. The molecular formula is C18H23NO2. The molecule has 3 heteroatoms. The number of carbonyl (C=O) groups excluding carboxylic acids is 1. The molecule has 0 bridgehead atoms. The van der Waals surface area contributed by atoms with Gasteiger partial charge in [-0.2, -0.15) is 0 Å². The maximum absolute atomic E-state index is 12.5. The van der Waals surface area contributed by atoms with Crippen LogP contribution in [0.2, 0.25) is 0 Å². The molecule has 3 aliphatic rings. The van der Waals surface area contributed by atoms with Gasteiger partial charge >= 0.3 is 0 Å². The number of likely N-dealkylation sites (tertiary alicyclic amines) is 1. The number of hydrogen-bond donors (Lipinski definition) is 0. The van der Waals surface area contributed by atoms with Crippen molar-refractivity contribution in [2.45, 2.75) is 38.2 Å². The van der Waals surface area contributed by atoms with Gasteiger partial charge in [0, 0.05) is 31.8 Å². The van der Waals surface area contributed by atoms with Crippen LogP contribution in [0.4, 0.5) is 0 Å². The standard InChI is InChI=1S/C18H23NO2/c20-18(15-11-13-10-14(13)12-15)19-8-6-17(7-9-19)21-16-4-2-1-3-5-16/h1-5,13-15,17H,6-12H2. The van der Waals surface area contributed by atoms with Crippen LogP contribution in [-0.4, -0.2) is 30.0 Å². The summed E-state index contributed by atoms with van der Waals surface area (Å²) >= 11 is 0. The Balaban J connectivity index is 1.27. The molecule has 0 aromatic heterocycles. The Morgan fingerprint density at radius 3 is 2.33 bits per heavy atom. The van der Waals surface area contributed by atoms with Gasteiger partial charge in [-0.3, -0.25) is 4.79 Å². The summed E-state index contributed by atoms with van der Waals surface area (Å²) in [5, 5.41) is 0. The van der Waals surface area contributed by atoms with Crippen LogP contribution < -0.4 is 4.74 Å². The molecule has 2 saturated carbocycles. The molecule has 2 atom stereocenters. The van der Waals surface area contributed by atoms with Crippen molar-refractivity contribution in [2.24, 2.45) is 17.8 Å². The summed E-state index contributed by atoms with van der Waals surface area (Å²) in [6, 6.07) is 10.0. The van der Waals surface area contributed by atoms with Gasteiger partial charge in [0.15, 0.2) is 0 Å². The molecule has 1 aromatic carbocycles. The van der Waals surface area contributed by atoms with Crippen LogP contribution in [-0.2, 0) is 4.79 Å². The van der Waals surface area contributed by atoms with Crippen LogP contribution in [0.1, 0.15) is 32.1 Å². The third-order valence-electron chi connectivity index (χ3n) is 5.39. The van der Waals surface area contributed by atoms with Crippen molar-refractivity contribution in [2.75, 3.05) is 13.1 Å². The predicted molar refractivity (Wildman–Crippen MR) is 81.0 cm³/mol. The normalized spacial score (nSPS) is 31.8. The van der Waals surface area contributed by atoms with E-state index in [4.69, 9.17) is 4.74 Å². The number of rotatable bonds is 3. The molecule has 1 heterocycles. The van der Waals surface area contributed by atoms with Gasteiger partial charge in [0.1, 0.15) is 11.9 Å². The lowest BCUT2D eigenvalue weighted by molar-refractivity contribution is -0.137. The van der Waals surface area contributed by atoms with E-state index in [1.807, 2.05) is 30.3 Å². The summed E-state index contributed by atoms with van der Waals surface area (Å²) in [5.74, 6) is 3.47. The quantitative estimate of drug-likeness (QED) is 0.854. The van der Waals surface area contributed by atoms with Gasteiger partial charge in [0.25, 0.3) is 0 Å². The van der Waals surface area contributed by atoms with Crippen LogP contribution in [0.3, 0.4) is 0 Å². The van der Waals surface area contributed by atoms with Crippen LogP contribution in [0.15, 0.2) is 30.3 Å². The molecule has 1 aliphatic heterocycles. The lowest BCUT2D eigenvalue weighted by Gasteiger charge is -2.34. The van der Waals surface area contributed by atoms with E-state index >= 15 is 0 Å². The van der Waals surface area contributed by atoms with Crippen molar-refractivity contribution >= 4 is 5.91 Å². The Hall–Kier alpha value is -1.51. The smallest absolute Gasteiger partial charge is 0.225 e. The van der Waals surface area contributed by atoms with Crippen molar-refractivity contribution in [3.8, 4) is 5.75 Å². The highest BCUT2D eigenvalue weighted by Crippen LogP contribution is 2.54. The summed E-state index contributed by atoms with van der Waals surface area (Å²) in [4.78, 5) is 14.6. The topological polar surface area (TPSA) is 29.5 Å². The third-order valence-corrected chi connectivity index (χ3v) is 5.39. The van der Waals surface area contributed by atoms with Gasteiger partial charge in [0.2, 0.25) is 5.91 Å². The van der Waals surface area contributed by atoms with E-state index in [9.17, 15) is 4.79 Å². The van der Waals surface area contributed by atoms with Crippen molar-refractivity contribution < 1.29 is 9.53 Å². The Morgan fingerprint density at radius 1 is 1.00 bits per heavy atom. The summed E-state index contributed by atoms with van der Waals surface area (Å²) in [6.07, 6.45) is 5.87. The first-order chi connectivity index (χ1) is 10.3. The second kappa shape index (κ2) is 5.36. The van der Waals surface area contributed by atoms with E-state index in [0.717, 1.165) is 56.4 Å². The molecule has 21 heavy (non-hydrogen) atoms. The average molecular weight is 285 g/mol. The first kappa shape index (κ1) is 13.2. The molecule has 4 rings (SSSR count). The summed E-state index contributed by atoms with van der Waals surface area (Å²) < 4.78 is 5.99. The summed E-state index contributed by atoms with van der Waals surface area (Å²) in [5.41, 5.74) is 0. The van der Waals surface area contributed by atoms with E-state index in [1.165, 1.54) is 6.42 Å². The van der Waals surface area contributed by atoms with Crippen molar-refractivity contribution in [3.05, 3.63) is 30.3 Å². The molecule has 0 radical (unpaired) electrons. The number of hydrogen-bond acceptors (Lipinski definition) is 2. The minimum absolute atomic E-state index is 0.258. The zero-order chi connectivity index (χ0) is 14.2. The van der Waals surface area contributed by atoms with Gasteiger partial charge in [0.05, 0.1) is 0 Å².